The molecule has 0 aromatic carbocycles. The van der Waals surface area contributed by atoms with Crippen molar-refractivity contribution in [2.75, 3.05) is 26.7 Å². The number of halogens is 3. The maximum absolute atomic E-state index is 12.3. The summed E-state index contributed by atoms with van der Waals surface area (Å²) >= 11 is 0. The number of methoxy groups -OCH3 is 1. The molecular weight excluding hydrogens is 263 g/mol. The van der Waals surface area contributed by atoms with Crippen molar-refractivity contribution in [3.8, 4) is 0 Å². The van der Waals surface area contributed by atoms with Crippen LogP contribution in [0.15, 0.2) is 0 Å². The minimum Gasteiger partial charge on any atom is -0.469 e. The van der Waals surface area contributed by atoms with Gasteiger partial charge in [-0.15, -0.1) is 0 Å². The van der Waals surface area contributed by atoms with E-state index in [-0.39, 0.29) is 5.97 Å². The van der Waals surface area contributed by atoms with Crippen molar-refractivity contribution < 1.29 is 27.8 Å². The van der Waals surface area contributed by atoms with Crippen molar-refractivity contribution in [3.63, 3.8) is 0 Å². The Bertz CT molecular complexity index is 288. The van der Waals surface area contributed by atoms with Crippen LogP contribution in [0.5, 0.6) is 0 Å². The molecule has 112 valence electrons. The van der Waals surface area contributed by atoms with Crippen molar-refractivity contribution in [2.24, 2.45) is 5.92 Å². The summed E-state index contributed by atoms with van der Waals surface area (Å²) in [6.07, 6.45) is -5.12. The number of likely N-dealkylation sites (tertiary alicyclic amines) is 1. The number of aliphatic hydroxyl groups is 1. The van der Waals surface area contributed by atoms with Crippen LogP contribution < -0.4 is 0 Å². The maximum Gasteiger partial charge on any atom is 0.414 e. The lowest BCUT2D eigenvalue weighted by atomic mass is 9.91. The van der Waals surface area contributed by atoms with Crippen LogP contribution in [0.25, 0.3) is 0 Å². The highest BCUT2D eigenvalue weighted by atomic mass is 19.4. The Balaban J connectivity index is 2.24. The molecule has 4 nitrogen and oxygen atoms in total. The van der Waals surface area contributed by atoms with E-state index < -0.39 is 18.2 Å². The lowest BCUT2D eigenvalue weighted by Gasteiger charge is -2.34. The third-order valence-corrected chi connectivity index (χ3v) is 3.50. The highest BCUT2D eigenvalue weighted by Gasteiger charge is 2.43. The molecule has 1 atom stereocenters. The average molecular weight is 283 g/mol. The first-order valence-electron chi connectivity index (χ1n) is 6.38. The number of aliphatic hydroxyl groups excluding tert-OH is 1. The summed E-state index contributed by atoms with van der Waals surface area (Å²) in [6, 6.07) is 0. The smallest absolute Gasteiger partial charge is 0.414 e. The van der Waals surface area contributed by atoms with Crippen LogP contribution in [0.3, 0.4) is 0 Å². The number of esters is 1. The Labute approximate surface area is 110 Å². The Hall–Kier alpha value is -0.820. The molecule has 0 bridgehead atoms. The summed E-state index contributed by atoms with van der Waals surface area (Å²) in [4.78, 5) is 12.9. The molecule has 1 fully saturated rings. The van der Waals surface area contributed by atoms with E-state index in [1.165, 1.54) is 7.11 Å². The van der Waals surface area contributed by atoms with E-state index in [1.807, 2.05) is 4.90 Å². The first kappa shape index (κ1) is 16.2. The van der Waals surface area contributed by atoms with Crippen LogP contribution in [-0.4, -0.2) is 55.0 Å². The highest BCUT2D eigenvalue weighted by molar-refractivity contribution is 5.69. The Morgan fingerprint density at radius 2 is 2.00 bits per heavy atom. The molecule has 19 heavy (non-hydrogen) atoms. The molecule has 0 radical (unpaired) electrons. The first-order chi connectivity index (χ1) is 8.84. The summed E-state index contributed by atoms with van der Waals surface area (Å²) in [5.41, 5.74) is 0. The van der Waals surface area contributed by atoms with Crippen LogP contribution in [0.1, 0.15) is 25.7 Å². The van der Waals surface area contributed by atoms with Gasteiger partial charge in [-0.1, -0.05) is 0 Å². The van der Waals surface area contributed by atoms with Gasteiger partial charge in [0, 0.05) is 6.42 Å². The zero-order chi connectivity index (χ0) is 14.5. The molecule has 0 aliphatic carbocycles. The van der Waals surface area contributed by atoms with Gasteiger partial charge in [-0.2, -0.15) is 13.2 Å². The average Bonchev–Trinajstić information content (AvgIpc) is 2.37. The van der Waals surface area contributed by atoms with Crippen LogP contribution in [0.2, 0.25) is 0 Å². The Kier molecular flexibility index (Phi) is 6.06. The quantitative estimate of drug-likeness (QED) is 0.778. The molecule has 0 aromatic rings. The largest absolute Gasteiger partial charge is 0.469 e. The van der Waals surface area contributed by atoms with E-state index in [9.17, 15) is 23.1 Å². The second-order valence-electron chi connectivity index (χ2n) is 4.85. The monoisotopic (exact) mass is 283 g/mol. The summed E-state index contributed by atoms with van der Waals surface area (Å²) in [5.74, 6) is -0.987. The SMILES string of the molecule is COC(=O)CCCN1CCC(C(O)C(F)(F)F)CC1. The number of rotatable bonds is 5. The predicted octanol–water partition coefficient (Wildman–Crippen LogP) is 1.57. The van der Waals surface area contributed by atoms with Gasteiger partial charge >= 0.3 is 12.1 Å². The van der Waals surface area contributed by atoms with Crippen LogP contribution in [0.4, 0.5) is 13.2 Å². The third kappa shape index (κ3) is 5.36. The zero-order valence-electron chi connectivity index (χ0n) is 10.9. The topological polar surface area (TPSA) is 49.8 Å². The molecule has 1 aliphatic rings. The van der Waals surface area contributed by atoms with Gasteiger partial charge in [0.2, 0.25) is 0 Å². The number of alkyl halides is 3. The second-order valence-corrected chi connectivity index (χ2v) is 4.85. The minimum absolute atomic E-state index is 0.276. The molecule has 0 amide bonds. The van der Waals surface area contributed by atoms with Crippen molar-refractivity contribution in [3.05, 3.63) is 0 Å². The molecule has 1 saturated heterocycles. The van der Waals surface area contributed by atoms with Gasteiger partial charge < -0.3 is 14.7 Å². The zero-order valence-corrected chi connectivity index (χ0v) is 10.9. The van der Waals surface area contributed by atoms with Gasteiger partial charge in [-0.3, -0.25) is 4.79 Å². The molecule has 7 heteroatoms. The molecule has 1 aliphatic heterocycles. The van der Waals surface area contributed by atoms with E-state index >= 15 is 0 Å². The van der Waals surface area contributed by atoms with Gasteiger partial charge in [0.25, 0.3) is 0 Å². The van der Waals surface area contributed by atoms with Gasteiger partial charge in [0.05, 0.1) is 7.11 Å². The fraction of sp³-hybridized carbons (Fsp3) is 0.917. The van der Waals surface area contributed by atoms with Crippen molar-refractivity contribution >= 4 is 5.97 Å². The third-order valence-electron chi connectivity index (χ3n) is 3.50. The van der Waals surface area contributed by atoms with Gasteiger partial charge in [-0.05, 0) is 44.8 Å². The number of ether oxygens (including phenoxy) is 1. The molecule has 1 N–H and O–H groups in total. The number of carbonyl (C=O) groups is 1. The Morgan fingerprint density at radius 3 is 2.47 bits per heavy atom. The van der Waals surface area contributed by atoms with Crippen molar-refractivity contribution in [2.45, 2.75) is 38.0 Å². The van der Waals surface area contributed by atoms with Gasteiger partial charge in [-0.25, -0.2) is 0 Å². The summed E-state index contributed by atoms with van der Waals surface area (Å²) in [7, 11) is 1.33. The molecule has 0 spiro atoms. The summed E-state index contributed by atoms with van der Waals surface area (Å²) in [5, 5.41) is 9.17. The first-order valence-corrected chi connectivity index (χ1v) is 6.38. The molecule has 1 unspecified atom stereocenters. The van der Waals surface area contributed by atoms with Crippen molar-refractivity contribution in [1.82, 2.24) is 4.90 Å². The minimum atomic E-state index is -4.53. The van der Waals surface area contributed by atoms with Gasteiger partial charge in [0.1, 0.15) is 0 Å². The van der Waals surface area contributed by atoms with E-state index in [0.717, 1.165) is 0 Å². The maximum atomic E-state index is 12.3. The number of carbonyl (C=O) groups excluding carboxylic acids is 1. The van der Waals surface area contributed by atoms with E-state index in [2.05, 4.69) is 4.74 Å². The fourth-order valence-electron chi connectivity index (χ4n) is 2.31. The molecule has 1 heterocycles. The number of hydrogen-bond acceptors (Lipinski definition) is 4. The normalized spacial score (nSPS) is 20.3. The standard InChI is InChI=1S/C12H20F3NO3/c1-19-10(17)3-2-6-16-7-4-9(5-8-16)11(18)12(13,14)15/h9,11,18H,2-8H2,1H3. The lowest BCUT2D eigenvalue weighted by Crippen LogP contribution is -2.43. The lowest BCUT2D eigenvalue weighted by molar-refractivity contribution is -0.223. The Morgan fingerprint density at radius 1 is 1.42 bits per heavy atom. The van der Waals surface area contributed by atoms with Crippen molar-refractivity contribution in [1.29, 1.82) is 0 Å². The molecule has 1 rings (SSSR count). The van der Waals surface area contributed by atoms with E-state index in [1.54, 1.807) is 0 Å². The van der Waals surface area contributed by atoms with Gasteiger partial charge in [0.15, 0.2) is 6.10 Å². The van der Waals surface area contributed by atoms with E-state index in [0.29, 0.717) is 45.3 Å². The molecule has 0 aromatic heterocycles. The van der Waals surface area contributed by atoms with Crippen LogP contribution in [-0.2, 0) is 9.53 Å². The fourth-order valence-corrected chi connectivity index (χ4v) is 2.31. The van der Waals surface area contributed by atoms with Crippen LogP contribution >= 0.6 is 0 Å². The highest BCUT2D eigenvalue weighted by Crippen LogP contribution is 2.31. The number of nitrogens with zero attached hydrogens (tertiary/aromatic N) is 1. The van der Waals surface area contributed by atoms with Crippen LogP contribution in [0, 0.1) is 5.92 Å². The second kappa shape index (κ2) is 7.09. The van der Waals surface area contributed by atoms with E-state index in [4.69, 9.17) is 0 Å². The molecular formula is C12H20F3NO3. The molecule has 0 saturated carbocycles. The summed E-state index contributed by atoms with van der Waals surface area (Å²) in [6.45, 7) is 1.72. The summed E-state index contributed by atoms with van der Waals surface area (Å²) < 4.78 is 41.5. The number of hydrogen-bond donors (Lipinski definition) is 1. The predicted molar refractivity (Wildman–Crippen MR) is 62.5 cm³/mol. The number of piperidine rings is 1.